The van der Waals surface area contributed by atoms with E-state index in [0.29, 0.717) is 33.4 Å². The van der Waals surface area contributed by atoms with E-state index in [9.17, 15) is 9.90 Å². The molecule has 4 aromatic heterocycles. The molecule has 1 aliphatic rings. The summed E-state index contributed by atoms with van der Waals surface area (Å²) in [6.07, 6.45) is 4.32. The number of anilines is 1. The number of halogens is 1. The van der Waals surface area contributed by atoms with Crippen LogP contribution >= 0.6 is 12.4 Å². The van der Waals surface area contributed by atoms with Crippen LogP contribution in [0.4, 0.5) is 5.82 Å². The number of rotatable bonds is 6. The maximum absolute atomic E-state index is 13.4. The van der Waals surface area contributed by atoms with Gasteiger partial charge in [-0.2, -0.15) is 5.10 Å². The van der Waals surface area contributed by atoms with E-state index in [4.69, 9.17) is 15.2 Å². The number of benzene rings is 2. The Bertz CT molecular complexity index is 2070. The number of aromatic nitrogens is 5. The van der Waals surface area contributed by atoms with Crippen LogP contribution in [0.2, 0.25) is 0 Å². The van der Waals surface area contributed by atoms with Crippen molar-refractivity contribution < 1.29 is 9.52 Å². The maximum Gasteiger partial charge on any atom is 0.343 e. The third kappa shape index (κ3) is 5.61. The first-order valence-corrected chi connectivity index (χ1v) is 14.6. The standard InChI is InChI=1S/C33H32N8O3.ClH/c1-20(41-32-28(31(34)36-19-37-32)29(38-41)23-15-24(42)17-35-16-23)30-27(25-8-3-4-9-26(25)33(43)44-30)22-7-5-6-21(14-22)18-40-12-10-39(2)11-13-40;/h3-9,14-17,19-20,42H,10-13,18H2,1-2H3,(H2,34,36,37);1H/t20-;/m0./s1. The van der Waals surface area contributed by atoms with Crippen LogP contribution in [-0.4, -0.2) is 72.9 Å². The van der Waals surface area contributed by atoms with Gasteiger partial charge in [0.2, 0.25) is 0 Å². The lowest BCUT2D eigenvalue weighted by Crippen LogP contribution is -2.43. The Hall–Kier alpha value is -4.84. The number of fused-ring (bicyclic) bond motifs is 2. The minimum Gasteiger partial charge on any atom is -0.506 e. The van der Waals surface area contributed by atoms with Gasteiger partial charge in [0.1, 0.15) is 35.4 Å². The Kier molecular flexibility index (Phi) is 8.24. The van der Waals surface area contributed by atoms with Crippen molar-refractivity contribution in [1.29, 1.82) is 0 Å². The number of aromatic hydroxyl groups is 1. The highest BCUT2D eigenvalue weighted by molar-refractivity contribution is 5.99. The molecule has 11 nitrogen and oxygen atoms in total. The maximum atomic E-state index is 13.4. The van der Waals surface area contributed by atoms with E-state index in [0.717, 1.165) is 49.2 Å². The van der Waals surface area contributed by atoms with Crippen molar-refractivity contribution in [2.75, 3.05) is 39.0 Å². The smallest absolute Gasteiger partial charge is 0.343 e. The summed E-state index contributed by atoms with van der Waals surface area (Å²) in [7, 11) is 2.15. The SMILES string of the molecule is C[C@@H](c1oc(=O)c2ccccc2c1-c1cccc(CN2CCN(C)CC2)c1)n1nc(-c2cncc(O)c2)c2c(N)ncnc21.Cl. The van der Waals surface area contributed by atoms with Crippen molar-refractivity contribution in [3.8, 4) is 28.1 Å². The number of nitrogens with two attached hydrogens (primary N) is 1. The van der Waals surface area contributed by atoms with Gasteiger partial charge < -0.3 is 20.2 Å². The van der Waals surface area contributed by atoms with E-state index in [1.165, 1.54) is 18.1 Å². The average Bonchev–Trinajstić information content (AvgIpc) is 3.43. The Labute approximate surface area is 265 Å². The van der Waals surface area contributed by atoms with Crippen molar-refractivity contribution in [3.63, 3.8) is 0 Å². The second-order valence-corrected chi connectivity index (χ2v) is 11.3. The second kappa shape index (κ2) is 12.3. The molecule has 1 fully saturated rings. The van der Waals surface area contributed by atoms with Crippen LogP contribution in [0.25, 0.3) is 44.2 Å². The van der Waals surface area contributed by atoms with Gasteiger partial charge in [-0.15, -0.1) is 12.4 Å². The van der Waals surface area contributed by atoms with E-state index >= 15 is 0 Å². The summed E-state index contributed by atoms with van der Waals surface area (Å²) in [6.45, 7) is 6.87. The van der Waals surface area contributed by atoms with Gasteiger partial charge in [-0.3, -0.25) is 9.88 Å². The van der Waals surface area contributed by atoms with E-state index < -0.39 is 11.7 Å². The minimum atomic E-state index is -0.570. The van der Waals surface area contributed by atoms with Crippen LogP contribution in [0.5, 0.6) is 5.75 Å². The molecule has 45 heavy (non-hydrogen) atoms. The van der Waals surface area contributed by atoms with Gasteiger partial charge in [-0.1, -0.05) is 36.4 Å². The van der Waals surface area contributed by atoms with Crippen LogP contribution in [-0.2, 0) is 6.54 Å². The Morgan fingerprint density at radius 1 is 0.978 bits per heavy atom. The van der Waals surface area contributed by atoms with E-state index in [1.54, 1.807) is 23.0 Å². The van der Waals surface area contributed by atoms with Crippen molar-refractivity contribution in [3.05, 3.63) is 95.1 Å². The molecular weight excluding hydrogens is 592 g/mol. The monoisotopic (exact) mass is 624 g/mol. The summed E-state index contributed by atoms with van der Waals surface area (Å²) < 4.78 is 7.84. The van der Waals surface area contributed by atoms with Crippen molar-refractivity contribution in [2.24, 2.45) is 0 Å². The van der Waals surface area contributed by atoms with Crippen molar-refractivity contribution in [1.82, 2.24) is 34.5 Å². The van der Waals surface area contributed by atoms with Crippen LogP contribution in [0.3, 0.4) is 0 Å². The summed E-state index contributed by atoms with van der Waals surface area (Å²) in [5.74, 6) is 0.684. The molecule has 6 aromatic rings. The molecule has 5 heterocycles. The summed E-state index contributed by atoms with van der Waals surface area (Å²) in [5, 5.41) is 16.8. The molecule has 0 saturated carbocycles. The zero-order chi connectivity index (χ0) is 30.4. The Morgan fingerprint density at radius 2 is 1.76 bits per heavy atom. The predicted octanol–water partition coefficient (Wildman–Crippen LogP) is 4.73. The zero-order valence-electron chi connectivity index (χ0n) is 24.9. The lowest BCUT2D eigenvalue weighted by Gasteiger charge is -2.32. The van der Waals surface area contributed by atoms with Gasteiger partial charge in [0.05, 0.1) is 17.0 Å². The van der Waals surface area contributed by atoms with Gasteiger partial charge in [-0.05, 0) is 43.3 Å². The fourth-order valence-corrected chi connectivity index (χ4v) is 6.03. The van der Waals surface area contributed by atoms with Crippen molar-refractivity contribution in [2.45, 2.75) is 19.5 Å². The van der Waals surface area contributed by atoms with E-state index in [1.807, 2.05) is 25.1 Å². The number of likely N-dealkylation sites (N-methyl/N-ethyl adjacent to an activating group) is 1. The third-order valence-electron chi connectivity index (χ3n) is 8.34. The van der Waals surface area contributed by atoms with Crippen LogP contribution in [0.1, 0.15) is 24.3 Å². The molecular formula is C33H33ClN8O3. The van der Waals surface area contributed by atoms with Gasteiger partial charge >= 0.3 is 5.63 Å². The second-order valence-electron chi connectivity index (χ2n) is 11.3. The molecule has 230 valence electrons. The van der Waals surface area contributed by atoms with Gasteiger partial charge in [-0.25, -0.2) is 19.4 Å². The third-order valence-corrected chi connectivity index (χ3v) is 8.34. The number of nitrogens with zero attached hydrogens (tertiary/aromatic N) is 7. The summed E-state index contributed by atoms with van der Waals surface area (Å²) in [6, 6.07) is 16.9. The first kappa shape index (κ1) is 30.2. The number of hydrogen-bond acceptors (Lipinski definition) is 10. The molecule has 1 saturated heterocycles. The highest BCUT2D eigenvalue weighted by Crippen LogP contribution is 2.38. The number of hydrogen-bond donors (Lipinski definition) is 2. The Balaban J connectivity index is 0.00000357. The first-order chi connectivity index (χ1) is 21.4. The minimum absolute atomic E-state index is 0. The fraction of sp³-hybridized carbons (Fsp3) is 0.242. The molecule has 0 radical (unpaired) electrons. The quantitative estimate of drug-likeness (QED) is 0.267. The molecule has 12 heteroatoms. The van der Waals surface area contributed by atoms with Crippen LogP contribution in [0.15, 0.2) is 82.5 Å². The largest absolute Gasteiger partial charge is 0.506 e. The molecule has 0 spiro atoms. The van der Waals surface area contributed by atoms with Crippen molar-refractivity contribution >= 4 is 40.0 Å². The highest BCUT2D eigenvalue weighted by atomic mass is 35.5. The first-order valence-electron chi connectivity index (χ1n) is 14.6. The molecule has 7 rings (SSSR count). The molecule has 0 bridgehead atoms. The molecule has 3 N–H and O–H groups in total. The molecule has 0 aliphatic carbocycles. The number of nitrogen functional groups attached to an aromatic ring is 1. The molecule has 1 atom stereocenters. The molecule has 0 unspecified atom stereocenters. The summed E-state index contributed by atoms with van der Waals surface area (Å²) in [4.78, 5) is 31.0. The van der Waals surface area contributed by atoms with Gasteiger partial charge in [0, 0.05) is 55.4 Å². The summed E-state index contributed by atoms with van der Waals surface area (Å²) >= 11 is 0. The van der Waals surface area contributed by atoms with Crippen LogP contribution < -0.4 is 11.4 Å². The van der Waals surface area contributed by atoms with E-state index in [2.05, 4.69) is 56.1 Å². The predicted molar refractivity (Wildman–Crippen MR) is 176 cm³/mol. The zero-order valence-corrected chi connectivity index (χ0v) is 25.7. The molecule has 2 aromatic carbocycles. The average molecular weight is 625 g/mol. The Morgan fingerprint density at radius 3 is 2.53 bits per heavy atom. The number of pyridine rings is 1. The normalized spacial score (nSPS) is 14.9. The fourth-order valence-electron chi connectivity index (χ4n) is 6.03. The van der Waals surface area contributed by atoms with Gasteiger partial charge in [0.25, 0.3) is 0 Å². The topological polar surface area (TPSA) is 139 Å². The van der Waals surface area contributed by atoms with Gasteiger partial charge in [0.15, 0.2) is 5.65 Å². The lowest BCUT2D eigenvalue weighted by atomic mass is 9.94. The van der Waals surface area contributed by atoms with Crippen LogP contribution in [0, 0.1) is 0 Å². The number of piperazine rings is 1. The van der Waals surface area contributed by atoms with E-state index in [-0.39, 0.29) is 24.0 Å². The molecule has 1 aliphatic heterocycles. The summed E-state index contributed by atoms with van der Waals surface area (Å²) in [5.41, 5.74) is 10.3. The highest BCUT2D eigenvalue weighted by Gasteiger charge is 2.27. The lowest BCUT2D eigenvalue weighted by molar-refractivity contribution is 0.148. The molecule has 0 amide bonds.